The molecule has 6 rings (SSSR count). The van der Waals surface area contributed by atoms with Gasteiger partial charge in [0, 0.05) is 11.5 Å². The number of aliphatic carboxylic acids is 1. The van der Waals surface area contributed by atoms with Crippen LogP contribution in [0.4, 0.5) is 0 Å². The van der Waals surface area contributed by atoms with Gasteiger partial charge >= 0.3 is 11.9 Å². The van der Waals surface area contributed by atoms with Gasteiger partial charge in [0.25, 0.3) is 0 Å². The third-order valence-corrected chi connectivity index (χ3v) is 14.9. The van der Waals surface area contributed by atoms with Crippen LogP contribution in [0.25, 0.3) is 6.08 Å². The second kappa shape index (κ2) is 10.7. The molecule has 6 nitrogen and oxygen atoms in total. The molecule has 45 heavy (non-hydrogen) atoms. The molecule has 0 radical (unpaired) electrons. The fourth-order valence-electron chi connectivity index (χ4n) is 12.8. The summed E-state index contributed by atoms with van der Waals surface area (Å²) >= 11 is 0. The third kappa shape index (κ3) is 4.58. The Hall–Kier alpha value is -2.60. The van der Waals surface area contributed by atoms with Crippen LogP contribution in [0.5, 0.6) is 5.75 Å². The quantitative estimate of drug-likeness (QED) is 0.175. The van der Waals surface area contributed by atoms with E-state index in [-0.39, 0.29) is 39.7 Å². The largest absolute Gasteiger partial charge is 0.508 e. The number of phenolic OH excluding ortho intramolecular Hbond substituents is 1. The minimum Gasteiger partial charge on any atom is -0.508 e. The van der Waals surface area contributed by atoms with Gasteiger partial charge in [-0.1, -0.05) is 58.9 Å². The van der Waals surface area contributed by atoms with Crippen LogP contribution in [0.15, 0.2) is 42.5 Å². The zero-order chi connectivity index (χ0) is 32.7. The van der Waals surface area contributed by atoms with Crippen LogP contribution in [-0.2, 0) is 14.3 Å². The highest BCUT2D eigenvalue weighted by atomic mass is 16.6. The fourth-order valence-corrected chi connectivity index (χ4v) is 12.8. The van der Waals surface area contributed by atoms with E-state index in [0.717, 1.165) is 62.5 Å². The second-order valence-corrected chi connectivity index (χ2v) is 17.0. The number of aliphatic hydroxyl groups is 1. The first-order chi connectivity index (χ1) is 21.0. The van der Waals surface area contributed by atoms with E-state index in [0.29, 0.717) is 18.3 Å². The number of benzene rings is 1. The number of carboxylic acids is 1. The SMILES string of the molecule is C=C(C)C1CC[C@]2(C(=O)O)CC[C@]3(C)C(CCC4[C@@]5(C)C[C@@H](O)[C@H](OC(=O)/C=C\c6ccc(O)cc6)C(C)(C)C5CC[C@]43C)C12. The van der Waals surface area contributed by atoms with Crippen LogP contribution in [0.1, 0.15) is 105 Å². The molecule has 0 heterocycles. The molecule has 0 bridgehead atoms. The first kappa shape index (κ1) is 32.3. The van der Waals surface area contributed by atoms with Crippen molar-refractivity contribution in [2.24, 2.45) is 56.7 Å². The number of rotatable bonds is 5. The van der Waals surface area contributed by atoms with Gasteiger partial charge in [0.15, 0.2) is 0 Å². The zero-order valence-electron chi connectivity index (χ0n) is 28.1. The van der Waals surface area contributed by atoms with Gasteiger partial charge in [-0.05, 0) is 134 Å². The Bertz CT molecular complexity index is 1390. The first-order valence-electron chi connectivity index (χ1n) is 17.3. The molecule has 5 saturated carbocycles. The lowest BCUT2D eigenvalue weighted by atomic mass is 9.32. The number of hydrogen-bond acceptors (Lipinski definition) is 5. The van der Waals surface area contributed by atoms with Crippen molar-refractivity contribution >= 4 is 18.0 Å². The number of ether oxygens (including phenoxy) is 1. The second-order valence-electron chi connectivity index (χ2n) is 17.0. The maximum absolute atomic E-state index is 13.0. The van der Waals surface area contributed by atoms with Crippen LogP contribution in [0.3, 0.4) is 0 Å². The van der Waals surface area contributed by atoms with E-state index in [1.807, 2.05) is 0 Å². The number of hydrogen-bond donors (Lipinski definition) is 3. The minimum atomic E-state index is -0.770. The lowest BCUT2D eigenvalue weighted by Gasteiger charge is -2.73. The highest BCUT2D eigenvalue weighted by Crippen LogP contribution is 2.77. The summed E-state index contributed by atoms with van der Waals surface area (Å²) in [6, 6.07) is 6.62. The fraction of sp³-hybridized carbons (Fsp3) is 0.692. The average Bonchev–Trinajstić information content (AvgIpc) is 3.37. The van der Waals surface area contributed by atoms with Crippen molar-refractivity contribution in [3.05, 3.63) is 48.1 Å². The Labute approximate surface area is 269 Å². The van der Waals surface area contributed by atoms with Gasteiger partial charge in [0.1, 0.15) is 11.9 Å². The van der Waals surface area contributed by atoms with E-state index in [1.165, 1.54) is 6.08 Å². The molecule has 5 unspecified atom stereocenters. The van der Waals surface area contributed by atoms with Crippen molar-refractivity contribution in [1.29, 1.82) is 0 Å². The lowest BCUT2D eigenvalue weighted by Crippen LogP contribution is -2.69. The van der Waals surface area contributed by atoms with Gasteiger partial charge in [0.05, 0.1) is 11.5 Å². The summed E-state index contributed by atoms with van der Waals surface area (Å²) in [7, 11) is 0. The van der Waals surface area contributed by atoms with Gasteiger partial charge in [-0.25, -0.2) is 4.79 Å². The molecule has 3 N–H and O–H groups in total. The first-order valence-corrected chi connectivity index (χ1v) is 17.3. The Balaban J connectivity index is 1.27. The van der Waals surface area contributed by atoms with Gasteiger partial charge < -0.3 is 20.1 Å². The molecular weight excluding hydrogens is 564 g/mol. The van der Waals surface area contributed by atoms with E-state index in [9.17, 15) is 24.9 Å². The van der Waals surface area contributed by atoms with Crippen LogP contribution in [0, 0.1) is 56.7 Å². The predicted octanol–water partition coefficient (Wildman–Crippen LogP) is 8.03. The maximum Gasteiger partial charge on any atom is 0.331 e. The predicted molar refractivity (Wildman–Crippen MR) is 175 cm³/mol. The molecule has 6 heteroatoms. The topological polar surface area (TPSA) is 104 Å². The number of carbonyl (C=O) groups is 2. The third-order valence-electron chi connectivity index (χ3n) is 14.9. The Kier molecular flexibility index (Phi) is 7.70. The molecule has 1 aromatic rings. The summed E-state index contributed by atoms with van der Waals surface area (Å²) in [5.41, 5.74) is 0.796. The number of aromatic hydroxyl groups is 1. The summed E-state index contributed by atoms with van der Waals surface area (Å²) in [5.74, 6) is 0.537. The van der Waals surface area contributed by atoms with Crippen molar-refractivity contribution < 1.29 is 29.6 Å². The number of fused-ring (bicyclic) bond motifs is 7. The number of esters is 1. The summed E-state index contributed by atoms with van der Waals surface area (Å²) in [4.78, 5) is 26.0. The number of allylic oxidation sites excluding steroid dienone is 1. The summed E-state index contributed by atoms with van der Waals surface area (Å²) in [5, 5.41) is 31.9. The lowest BCUT2D eigenvalue weighted by molar-refractivity contribution is -0.265. The van der Waals surface area contributed by atoms with E-state index in [1.54, 1.807) is 30.3 Å². The van der Waals surface area contributed by atoms with Crippen molar-refractivity contribution in [1.82, 2.24) is 0 Å². The smallest absolute Gasteiger partial charge is 0.331 e. The number of carboxylic acid groups (broad SMARTS) is 1. The molecule has 0 aromatic heterocycles. The van der Waals surface area contributed by atoms with Gasteiger partial charge in [-0.3, -0.25) is 4.79 Å². The number of aliphatic hydroxyl groups excluding tert-OH is 1. The molecule has 0 aliphatic heterocycles. The van der Waals surface area contributed by atoms with E-state index < -0.39 is 35.0 Å². The highest BCUT2D eigenvalue weighted by molar-refractivity contribution is 5.87. The molecule has 0 saturated heterocycles. The summed E-state index contributed by atoms with van der Waals surface area (Å²) in [6.45, 7) is 18.2. The highest BCUT2D eigenvalue weighted by Gasteiger charge is 2.72. The molecule has 0 spiro atoms. The molecule has 5 fully saturated rings. The van der Waals surface area contributed by atoms with Crippen molar-refractivity contribution in [2.75, 3.05) is 0 Å². The Morgan fingerprint density at radius 2 is 1.60 bits per heavy atom. The molecule has 5 aliphatic carbocycles. The molecule has 246 valence electrons. The molecule has 1 aromatic carbocycles. The van der Waals surface area contributed by atoms with Crippen molar-refractivity contribution in [3.63, 3.8) is 0 Å². The zero-order valence-corrected chi connectivity index (χ0v) is 28.1. The van der Waals surface area contributed by atoms with E-state index in [2.05, 4.69) is 48.1 Å². The normalized spacial score (nSPS) is 45.1. The van der Waals surface area contributed by atoms with E-state index in [4.69, 9.17) is 4.74 Å². The molecule has 0 amide bonds. The van der Waals surface area contributed by atoms with Crippen LogP contribution in [-0.4, -0.2) is 39.5 Å². The molecule has 5 aliphatic rings. The average molecular weight is 619 g/mol. The van der Waals surface area contributed by atoms with Crippen molar-refractivity contribution in [3.8, 4) is 5.75 Å². The number of carbonyl (C=O) groups excluding carboxylic acids is 1. The monoisotopic (exact) mass is 618 g/mol. The minimum absolute atomic E-state index is 0.0169. The summed E-state index contributed by atoms with van der Waals surface area (Å²) < 4.78 is 6.05. The number of phenols is 1. The van der Waals surface area contributed by atoms with Gasteiger partial charge in [0.2, 0.25) is 0 Å². The summed E-state index contributed by atoms with van der Waals surface area (Å²) in [6.07, 6.45) is 9.82. The van der Waals surface area contributed by atoms with Crippen LogP contribution in [0.2, 0.25) is 0 Å². The van der Waals surface area contributed by atoms with Gasteiger partial charge in [-0.15, -0.1) is 0 Å². The standard InChI is InChI=1S/C39H54O6/c1-23(2)26-16-19-39(34(43)44)21-20-37(6)27(32(26)39)13-14-30-36(5)22-28(41)33(35(3,4)29(36)17-18-38(30,37)7)45-31(42)15-10-24-8-11-25(40)12-9-24/h8-12,15,26-30,32-33,40-41H,1,13-14,16-22H2,2-7H3,(H,43,44)/b15-10-/t26?,27?,28-,29?,30?,32?,33+,36+,37-,38-,39+/m1/s1. The van der Waals surface area contributed by atoms with Crippen LogP contribution >= 0.6 is 0 Å². The van der Waals surface area contributed by atoms with Crippen LogP contribution < -0.4 is 0 Å². The Morgan fingerprint density at radius 3 is 2.24 bits per heavy atom. The maximum atomic E-state index is 13.0. The molecule has 11 atom stereocenters. The Morgan fingerprint density at radius 1 is 0.911 bits per heavy atom. The molecular formula is C39H54O6. The van der Waals surface area contributed by atoms with Gasteiger partial charge in [-0.2, -0.15) is 0 Å². The van der Waals surface area contributed by atoms with E-state index >= 15 is 0 Å². The van der Waals surface area contributed by atoms with Crippen molar-refractivity contribution in [2.45, 2.75) is 112 Å².